The minimum Gasteiger partial charge on any atom is -0.438 e. The zero-order valence-corrected chi connectivity index (χ0v) is 19.2. The van der Waals surface area contributed by atoms with E-state index in [0.29, 0.717) is 18.8 Å². The molecule has 5 aromatic rings. The highest BCUT2D eigenvalue weighted by molar-refractivity contribution is 5.95. The summed E-state index contributed by atoms with van der Waals surface area (Å²) in [7, 11) is 0. The van der Waals surface area contributed by atoms with Crippen LogP contribution >= 0.6 is 0 Å². The molecule has 7 nitrogen and oxygen atoms in total. The van der Waals surface area contributed by atoms with Gasteiger partial charge in [0, 0.05) is 42.9 Å². The van der Waals surface area contributed by atoms with Gasteiger partial charge in [0.1, 0.15) is 17.8 Å². The van der Waals surface area contributed by atoms with Gasteiger partial charge in [0.2, 0.25) is 11.6 Å². The van der Waals surface area contributed by atoms with Crippen molar-refractivity contribution in [1.29, 1.82) is 0 Å². The number of benzene rings is 2. The van der Waals surface area contributed by atoms with Gasteiger partial charge in [-0.2, -0.15) is 5.10 Å². The first-order valence-electron chi connectivity index (χ1n) is 11.3. The maximum atomic E-state index is 11.2. The highest BCUT2D eigenvalue weighted by Crippen LogP contribution is 2.36. The molecule has 0 aliphatic rings. The van der Waals surface area contributed by atoms with Crippen LogP contribution in [-0.4, -0.2) is 32.2 Å². The monoisotopic (exact) mass is 451 g/mol. The molecule has 2 aromatic carbocycles. The molecule has 1 amide bonds. The Bertz CT molecular complexity index is 1440. The van der Waals surface area contributed by atoms with Crippen molar-refractivity contribution < 1.29 is 9.21 Å². The first kappa shape index (κ1) is 21.6. The molecule has 0 aliphatic heterocycles. The lowest BCUT2D eigenvalue weighted by Gasteiger charge is -2.03. The molecule has 0 radical (unpaired) electrons. The molecule has 7 heteroatoms. The van der Waals surface area contributed by atoms with Crippen LogP contribution in [0, 0.1) is 6.92 Å². The molecule has 0 saturated carbocycles. The first-order chi connectivity index (χ1) is 16.6. The Morgan fingerprint density at radius 3 is 2.56 bits per heavy atom. The molecule has 3 heterocycles. The zero-order chi connectivity index (χ0) is 23.5. The van der Waals surface area contributed by atoms with Crippen LogP contribution in [0.1, 0.15) is 18.9 Å². The number of hydrogen-bond acceptors (Lipinski definition) is 5. The van der Waals surface area contributed by atoms with Gasteiger partial charge in [-0.3, -0.25) is 9.48 Å². The Labute approximate surface area is 197 Å². The molecular formula is C27H25N5O2. The van der Waals surface area contributed by atoms with Gasteiger partial charge in [0.15, 0.2) is 0 Å². The smallest absolute Gasteiger partial charge is 0.230 e. The summed E-state index contributed by atoms with van der Waals surface area (Å²) in [5.41, 5.74) is 6.26. The predicted molar refractivity (Wildman–Crippen MR) is 132 cm³/mol. The fraction of sp³-hybridized carbons (Fsp3) is 0.185. The molecule has 3 aromatic heterocycles. The molecular weight excluding hydrogens is 426 g/mol. The summed E-state index contributed by atoms with van der Waals surface area (Å²) in [4.78, 5) is 20.2. The predicted octanol–water partition coefficient (Wildman–Crippen LogP) is 5.25. The second-order valence-electron chi connectivity index (χ2n) is 8.27. The van der Waals surface area contributed by atoms with Crippen molar-refractivity contribution in [3.8, 4) is 33.8 Å². The summed E-state index contributed by atoms with van der Waals surface area (Å²) < 4.78 is 7.98. The van der Waals surface area contributed by atoms with E-state index in [-0.39, 0.29) is 5.91 Å². The lowest BCUT2D eigenvalue weighted by molar-refractivity contribution is -0.118. The third-order valence-corrected chi connectivity index (χ3v) is 5.67. The van der Waals surface area contributed by atoms with E-state index < -0.39 is 0 Å². The van der Waals surface area contributed by atoms with E-state index in [2.05, 4.69) is 46.5 Å². The van der Waals surface area contributed by atoms with Crippen LogP contribution in [0.4, 0.5) is 0 Å². The molecule has 1 N–H and O–H groups in total. The van der Waals surface area contributed by atoms with Crippen molar-refractivity contribution in [2.45, 2.75) is 26.8 Å². The molecule has 34 heavy (non-hydrogen) atoms. The number of rotatable bonds is 7. The summed E-state index contributed by atoms with van der Waals surface area (Å²) in [6, 6.07) is 20.3. The van der Waals surface area contributed by atoms with Crippen molar-refractivity contribution >= 4 is 17.0 Å². The van der Waals surface area contributed by atoms with Crippen LogP contribution in [0.3, 0.4) is 0 Å². The fourth-order valence-electron chi connectivity index (χ4n) is 3.95. The molecule has 0 bridgehead atoms. The SMILES string of the molecule is CC(=O)NCCCn1cc(-c2ncnc3oc(-c4ccccc4)cc23)c(-c2ccc(C)cc2)n1. The van der Waals surface area contributed by atoms with Gasteiger partial charge in [-0.25, -0.2) is 9.97 Å². The molecule has 0 unspecified atom stereocenters. The number of nitrogens with zero attached hydrogens (tertiary/aromatic N) is 4. The summed E-state index contributed by atoms with van der Waals surface area (Å²) in [5, 5.41) is 8.56. The molecule has 0 aliphatic carbocycles. The molecule has 0 saturated heterocycles. The van der Waals surface area contributed by atoms with E-state index in [4.69, 9.17) is 9.52 Å². The number of amides is 1. The largest absolute Gasteiger partial charge is 0.438 e. The van der Waals surface area contributed by atoms with E-state index in [1.807, 2.05) is 47.3 Å². The zero-order valence-electron chi connectivity index (χ0n) is 19.2. The Morgan fingerprint density at radius 2 is 1.79 bits per heavy atom. The van der Waals surface area contributed by atoms with Gasteiger partial charge in [-0.15, -0.1) is 0 Å². The Kier molecular flexibility index (Phi) is 5.91. The van der Waals surface area contributed by atoms with Crippen molar-refractivity contribution in [3.05, 3.63) is 78.8 Å². The van der Waals surface area contributed by atoms with E-state index in [0.717, 1.165) is 45.6 Å². The molecule has 5 rings (SSSR count). The van der Waals surface area contributed by atoms with Crippen LogP contribution < -0.4 is 5.32 Å². The molecule has 0 atom stereocenters. The van der Waals surface area contributed by atoms with Crippen molar-refractivity contribution in [1.82, 2.24) is 25.1 Å². The minimum absolute atomic E-state index is 0.0287. The number of aromatic nitrogens is 4. The van der Waals surface area contributed by atoms with E-state index in [1.54, 1.807) is 0 Å². The van der Waals surface area contributed by atoms with Gasteiger partial charge in [0.25, 0.3) is 0 Å². The van der Waals surface area contributed by atoms with E-state index in [1.165, 1.54) is 18.8 Å². The van der Waals surface area contributed by atoms with Crippen molar-refractivity contribution in [2.75, 3.05) is 6.54 Å². The third-order valence-electron chi connectivity index (χ3n) is 5.67. The van der Waals surface area contributed by atoms with Gasteiger partial charge < -0.3 is 9.73 Å². The number of carbonyl (C=O) groups is 1. The first-order valence-corrected chi connectivity index (χ1v) is 11.3. The van der Waals surface area contributed by atoms with Crippen molar-refractivity contribution in [2.24, 2.45) is 0 Å². The summed E-state index contributed by atoms with van der Waals surface area (Å²) in [6.07, 6.45) is 4.32. The Balaban J connectivity index is 1.58. The minimum atomic E-state index is -0.0287. The van der Waals surface area contributed by atoms with E-state index in [9.17, 15) is 4.79 Å². The number of fused-ring (bicyclic) bond motifs is 1. The summed E-state index contributed by atoms with van der Waals surface area (Å²) in [6.45, 7) is 4.87. The highest BCUT2D eigenvalue weighted by Gasteiger charge is 2.19. The van der Waals surface area contributed by atoms with Crippen LogP contribution in [0.5, 0.6) is 0 Å². The number of nitrogens with one attached hydrogen (secondary N) is 1. The normalized spacial score (nSPS) is 11.1. The van der Waals surface area contributed by atoms with Gasteiger partial charge in [0.05, 0.1) is 11.1 Å². The topological polar surface area (TPSA) is 85.8 Å². The summed E-state index contributed by atoms with van der Waals surface area (Å²) in [5.74, 6) is 0.719. The van der Waals surface area contributed by atoms with Crippen molar-refractivity contribution in [3.63, 3.8) is 0 Å². The molecule has 170 valence electrons. The van der Waals surface area contributed by atoms with Gasteiger partial charge in [-0.1, -0.05) is 60.2 Å². The third kappa shape index (κ3) is 4.45. The van der Waals surface area contributed by atoms with Crippen LogP contribution in [0.25, 0.3) is 44.9 Å². The maximum Gasteiger partial charge on any atom is 0.230 e. The van der Waals surface area contributed by atoms with Gasteiger partial charge >= 0.3 is 0 Å². The van der Waals surface area contributed by atoms with Crippen LogP contribution in [0.15, 0.2) is 77.6 Å². The summed E-state index contributed by atoms with van der Waals surface area (Å²) >= 11 is 0. The number of aryl methyl sites for hydroxylation is 2. The van der Waals surface area contributed by atoms with Gasteiger partial charge in [-0.05, 0) is 19.4 Å². The standard InChI is InChI=1S/C27H25N5O2/c1-18-9-11-21(12-10-18)25-23(16-32(31-25)14-6-13-28-19(2)33)26-22-15-24(20-7-4-3-5-8-20)34-27(22)30-17-29-26/h3-5,7-12,15-17H,6,13-14H2,1-2H3,(H,28,33). The number of carbonyl (C=O) groups excluding carboxylic acids is 1. The second kappa shape index (κ2) is 9.31. The second-order valence-corrected chi connectivity index (χ2v) is 8.27. The van der Waals surface area contributed by atoms with E-state index >= 15 is 0 Å². The fourth-order valence-corrected chi connectivity index (χ4v) is 3.95. The Morgan fingerprint density at radius 1 is 1.00 bits per heavy atom. The highest BCUT2D eigenvalue weighted by atomic mass is 16.3. The molecule has 0 fully saturated rings. The quantitative estimate of drug-likeness (QED) is 0.341. The number of furan rings is 1. The maximum absolute atomic E-state index is 11.2. The number of hydrogen-bond donors (Lipinski definition) is 1. The average molecular weight is 452 g/mol. The average Bonchev–Trinajstić information content (AvgIpc) is 3.47. The lowest BCUT2D eigenvalue weighted by atomic mass is 10.0. The van der Waals surface area contributed by atoms with Crippen LogP contribution in [0.2, 0.25) is 0 Å². The molecule has 0 spiro atoms. The van der Waals surface area contributed by atoms with Crippen LogP contribution in [-0.2, 0) is 11.3 Å². The Hall–Kier alpha value is -4.26. The lowest BCUT2D eigenvalue weighted by Crippen LogP contribution is -2.22.